The molecule has 1 saturated heterocycles. The third kappa shape index (κ3) is 5.77. The maximum atomic E-state index is 13.5. The van der Waals surface area contributed by atoms with Crippen LogP contribution in [0, 0.1) is 12.3 Å². The fourth-order valence-electron chi connectivity index (χ4n) is 4.88. The van der Waals surface area contributed by atoms with E-state index in [9.17, 15) is 14.4 Å². The van der Waals surface area contributed by atoms with Crippen LogP contribution in [0.2, 0.25) is 0 Å². The molecule has 0 radical (unpaired) electrons. The first-order valence-corrected chi connectivity index (χ1v) is 13.2. The van der Waals surface area contributed by atoms with Gasteiger partial charge < -0.3 is 19.4 Å². The summed E-state index contributed by atoms with van der Waals surface area (Å²) in [5.74, 6) is -0.0844. The molecule has 3 aromatic rings. The number of hydrogen-bond acceptors (Lipinski definition) is 7. The quantitative estimate of drug-likeness (QED) is 0.288. The van der Waals surface area contributed by atoms with E-state index in [1.54, 1.807) is 18.2 Å². The zero-order valence-corrected chi connectivity index (χ0v) is 23.4. The number of piperidine rings is 1. The molecule has 0 aliphatic carbocycles. The van der Waals surface area contributed by atoms with Crippen molar-refractivity contribution in [3.05, 3.63) is 68.9 Å². The van der Waals surface area contributed by atoms with Crippen LogP contribution in [0.4, 0.5) is 11.6 Å². The Hall–Kier alpha value is -3.61. The van der Waals surface area contributed by atoms with Gasteiger partial charge in [-0.25, -0.2) is 4.79 Å². The van der Waals surface area contributed by atoms with Crippen molar-refractivity contribution >= 4 is 34.8 Å². The molecule has 202 valence electrons. The molecule has 0 unspecified atom stereocenters. The lowest BCUT2D eigenvalue weighted by Crippen LogP contribution is -2.38. The third-order valence-electron chi connectivity index (χ3n) is 7.09. The van der Waals surface area contributed by atoms with Crippen LogP contribution >= 0.6 is 0 Å². The smallest absolute Gasteiger partial charge is 0.340 e. The average Bonchev–Trinajstić information content (AvgIpc) is 2.83. The fraction of sp³-hybridized carbons (Fsp3) is 0.452. The van der Waals surface area contributed by atoms with Gasteiger partial charge in [-0.05, 0) is 76.6 Å². The lowest BCUT2D eigenvalue weighted by molar-refractivity contribution is 0.00705. The summed E-state index contributed by atoms with van der Waals surface area (Å²) in [6, 6.07) is 10.6. The van der Waals surface area contributed by atoms with Crippen LogP contribution in [0.1, 0.15) is 92.3 Å². The number of rotatable bonds is 6. The molecule has 7 nitrogen and oxygen atoms in total. The Kier molecular flexibility index (Phi) is 7.42. The summed E-state index contributed by atoms with van der Waals surface area (Å²) in [6.45, 7) is 15.2. The summed E-state index contributed by atoms with van der Waals surface area (Å²) in [5.41, 5.74) is 2.45. The topological polar surface area (TPSA) is 88.8 Å². The van der Waals surface area contributed by atoms with Crippen LogP contribution in [0.15, 0.2) is 45.6 Å². The van der Waals surface area contributed by atoms with Gasteiger partial charge in [0.05, 0.1) is 17.0 Å². The van der Waals surface area contributed by atoms with Crippen LogP contribution in [0.3, 0.4) is 0 Å². The van der Waals surface area contributed by atoms with Crippen LogP contribution in [0.5, 0.6) is 0 Å². The predicted octanol–water partition coefficient (Wildman–Crippen LogP) is 6.67. The zero-order valence-electron chi connectivity index (χ0n) is 23.4. The molecule has 0 amide bonds. The van der Waals surface area contributed by atoms with Crippen molar-refractivity contribution in [1.29, 1.82) is 0 Å². The standard InChI is InChI=1S/C31H38N2O5/c1-19-16-22(20(2)32-25-11-9-8-10-21(25)29(36)38-30(3,4)5)27-23(17-19)26(35)24(18-34)28(37-27)33-14-12-31(6,7)13-15-33/h8-11,16-18,20,32H,12-15H2,1-7H3/t20-/m1/s1. The van der Waals surface area contributed by atoms with Crippen molar-refractivity contribution in [2.24, 2.45) is 5.41 Å². The first-order chi connectivity index (χ1) is 17.8. The summed E-state index contributed by atoms with van der Waals surface area (Å²) in [7, 11) is 0. The lowest BCUT2D eigenvalue weighted by Gasteiger charge is -2.37. The van der Waals surface area contributed by atoms with E-state index in [1.165, 1.54) is 0 Å². The summed E-state index contributed by atoms with van der Waals surface area (Å²) >= 11 is 0. The minimum atomic E-state index is -0.623. The number of carbonyl (C=O) groups excluding carboxylic acids is 2. The van der Waals surface area contributed by atoms with Crippen molar-refractivity contribution in [3.63, 3.8) is 0 Å². The van der Waals surface area contributed by atoms with E-state index >= 15 is 0 Å². The molecule has 7 heteroatoms. The molecule has 0 bridgehead atoms. The molecule has 0 spiro atoms. The van der Waals surface area contributed by atoms with E-state index in [4.69, 9.17) is 9.15 Å². The molecule has 4 rings (SSSR count). The van der Waals surface area contributed by atoms with E-state index < -0.39 is 11.6 Å². The molecular formula is C31H38N2O5. The molecule has 1 N–H and O–H groups in total. The number of nitrogens with one attached hydrogen (secondary N) is 1. The maximum absolute atomic E-state index is 13.5. The Morgan fingerprint density at radius 3 is 2.45 bits per heavy atom. The first kappa shape index (κ1) is 27.4. The molecule has 2 heterocycles. The minimum Gasteiger partial charge on any atom is -0.456 e. The lowest BCUT2D eigenvalue weighted by atomic mass is 9.82. The van der Waals surface area contributed by atoms with Gasteiger partial charge in [0, 0.05) is 24.3 Å². The van der Waals surface area contributed by atoms with Gasteiger partial charge in [-0.1, -0.05) is 32.0 Å². The van der Waals surface area contributed by atoms with E-state index in [2.05, 4.69) is 19.2 Å². The second kappa shape index (κ2) is 10.3. The molecule has 2 aromatic carbocycles. The van der Waals surface area contributed by atoms with Gasteiger partial charge >= 0.3 is 5.97 Å². The average molecular weight is 519 g/mol. The van der Waals surface area contributed by atoms with Crippen LogP contribution in [-0.2, 0) is 4.74 Å². The highest BCUT2D eigenvalue weighted by molar-refractivity contribution is 5.96. The predicted molar refractivity (Wildman–Crippen MR) is 151 cm³/mol. The largest absolute Gasteiger partial charge is 0.456 e. The number of anilines is 2. The number of fused-ring (bicyclic) bond motifs is 1. The highest BCUT2D eigenvalue weighted by Gasteiger charge is 2.30. The maximum Gasteiger partial charge on any atom is 0.340 e. The Balaban J connectivity index is 1.77. The van der Waals surface area contributed by atoms with E-state index in [0.29, 0.717) is 47.5 Å². The summed E-state index contributed by atoms with van der Waals surface area (Å²) in [4.78, 5) is 40.5. The van der Waals surface area contributed by atoms with Crippen molar-refractivity contribution < 1.29 is 18.7 Å². The fourth-order valence-corrected chi connectivity index (χ4v) is 4.88. The zero-order chi connectivity index (χ0) is 27.8. The number of aldehydes is 1. The third-order valence-corrected chi connectivity index (χ3v) is 7.09. The van der Waals surface area contributed by atoms with Gasteiger partial charge in [0.2, 0.25) is 11.3 Å². The van der Waals surface area contributed by atoms with Gasteiger partial charge in [-0.2, -0.15) is 0 Å². The highest BCUT2D eigenvalue weighted by atomic mass is 16.6. The Labute approximate surface area is 224 Å². The Morgan fingerprint density at radius 2 is 1.82 bits per heavy atom. The van der Waals surface area contributed by atoms with Crippen molar-refractivity contribution in [2.75, 3.05) is 23.3 Å². The van der Waals surface area contributed by atoms with E-state index in [1.807, 2.05) is 57.7 Å². The van der Waals surface area contributed by atoms with E-state index in [0.717, 1.165) is 24.0 Å². The van der Waals surface area contributed by atoms with Crippen LogP contribution in [-0.4, -0.2) is 30.9 Å². The molecular weight excluding hydrogens is 480 g/mol. The van der Waals surface area contributed by atoms with Gasteiger partial charge in [-0.15, -0.1) is 0 Å². The second-order valence-corrected chi connectivity index (χ2v) is 12.1. The summed E-state index contributed by atoms with van der Waals surface area (Å²) in [6.07, 6.45) is 2.49. The number of esters is 1. The first-order valence-electron chi connectivity index (χ1n) is 13.2. The number of ether oxygens (including phenoxy) is 1. The molecule has 1 fully saturated rings. The molecule has 1 atom stereocenters. The molecule has 38 heavy (non-hydrogen) atoms. The highest BCUT2D eigenvalue weighted by Crippen LogP contribution is 2.36. The summed E-state index contributed by atoms with van der Waals surface area (Å²) < 4.78 is 12.0. The monoisotopic (exact) mass is 518 g/mol. The Bertz CT molecular complexity index is 1420. The molecule has 1 aliphatic rings. The number of aryl methyl sites for hydroxylation is 1. The number of para-hydroxylation sites is 1. The van der Waals surface area contributed by atoms with Crippen molar-refractivity contribution in [2.45, 2.75) is 73.0 Å². The van der Waals surface area contributed by atoms with E-state index in [-0.39, 0.29) is 22.4 Å². The molecule has 0 saturated carbocycles. The van der Waals surface area contributed by atoms with Gasteiger partial charge in [-0.3, -0.25) is 9.59 Å². The summed E-state index contributed by atoms with van der Waals surface area (Å²) in [5, 5.41) is 3.80. The van der Waals surface area contributed by atoms with Crippen molar-refractivity contribution in [3.8, 4) is 0 Å². The van der Waals surface area contributed by atoms with Crippen molar-refractivity contribution in [1.82, 2.24) is 0 Å². The Morgan fingerprint density at radius 1 is 1.16 bits per heavy atom. The molecule has 1 aliphatic heterocycles. The number of hydrogen-bond donors (Lipinski definition) is 1. The number of benzene rings is 2. The molecule has 1 aromatic heterocycles. The van der Waals surface area contributed by atoms with Gasteiger partial charge in [0.1, 0.15) is 16.7 Å². The van der Waals surface area contributed by atoms with Crippen LogP contribution < -0.4 is 15.6 Å². The minimum absolute atomic E-state index is 0.0599. The number of carbonyl (C=O) groups is 2. The second-order valence-electron chi connectivity index (χ2n) is 12.1. The normalized spacial score (nSPS) is 16.2. The SMILES string of the molecule is Cc1cc([C@@H](C)Nc2ccccc2C(=O)OC(C)(C)C)c2oc(N3CCC(C)(C)CC3)c(C=O)c(=O)c2c1. The number of nitrogens with zero attached hydrogens (tertiary/aromatic N) is 1. The van der Waals surface area contributed by atoms with Gasteiger partial charge in [0.25, 0.3) is 0 Å². The van der Waals surface area contributed by atoms with Gasteiger partial charge in [0.15, 0.2) is 6.29 Å². The van der Waals surface area contributed by atoms with Crippen LogP contribution in [0.25, 0.3) is 11.0 Å².